The highest BCUT2D eigenvalue weighted by Crippen LogP contribution is 2.26. The van der Waals surface area contributed by atoms with Gasteiger partial charge in [0, 0.05) is 18.7 Å². The van der Waals surface area contributed by atoms with Crippen LogP contribution in [0.1, 0.15) is 35.3 Å². The number of amides is 1. The third-order valence-corrected chi connectivity index (χ3v) is 6.64. The summed E-state index contributed by atoms with van der Waals surface area (Å²) in [5.41, 5.74) is 4.65. The molecule has 0 aromatic heterocycles. The number of benzene rings is 1. The number of hydrogen-bond acceptors (Lipinski definition) is 6. The highest BCUT2D eigenvalue weighted by Gasteiger charge is 2.39. The lowest BCUT2D eigenvalue weighted by Crippen LogP contribution is -2.46. The second-order valence-corrected chi connectivity index (χ2v) is 7.93. The second kappa shape index (κ2) is 6.08. The number of nitrogens with zero attached hydrogens (tertiary/aromatic N) is 3. The summed E-state index contributed by atoms with van der Waals surface area (Å²) in [4.78, 5) is 11.5. The van der Waals surface area contributed by atoms with Gasteiger partial charge in [0.1, 0.15) is 0 Å². The van der Waals surface area contributed by atoms with E-state index in [1.807, 2.05) is 0 Å². The topological polar surface area (TPSA) is 111 Å². The van der Waals surface area contributed by atoms with E-state index in [1.165, 1.54) is 4.31 Å². The smallest absolute Gasteiger partial charge is 0.274 e. The molecule has 0 radical (unpaired) electrons. The van der Waals surface area contributed by atoms with Crippen molar-refractivity contribution >= 4 is 27.4 Å². The maximum Gasteiger partial charge on any atom is 0.274 e. The van der Waals surface area contributed by atoms with Crippen molar-refractivity contribution in [2.24, 2.45) is 10.2 Å². The molecular weight excluding hydrogens is 332 g/mol. The van der Waals surface area contributed by atoms with Gasteiger partial charge in [0.2, 0.25) is 10.0 Å². The Balaban J connectivity index is 1.86. The zero-order valence-electron chi connectivity index (χ0n) is 13.4. The van der Waals surface area contributed by atoms with Crippen LogP contribution in [-0.4, -0.2) is 47.1 Å². The summed E-state index contributed by atoms with van der Waals surface area (Å²) in [5.74, 6) is -0.586. The SMILES string of the molecule is CC1=NN=C(C)C1S(=O)(=O)N1CCc2cc(C(=O)NO)ccc2C1. The molecule has 3 rings (SSSR count). The Labute approximate surface area is 139 Å². The van der Waals surface area contributed by atoms with Gasteiger partial charge in [-0.05, 0) is 43.5 Å². The van der Waals surface area contributed by atoms with E-state index >= 15 is 0 Å². The Morgan fingerprint density at radius 3 is 2.54 bits per heavy atom. The lowest BCUT2D eigenvalue weighted by atomic mass is 9.98. The molecule has 0 bridgehead atoms. The van der Waals surface area contributed by atoms with Crippen LogP contribution in [0.3, 0.4) is 0 Å². The number of nitrogens with one attached hydrogen (secondary N) is 1. The molecule has 0 spiro atoms. The van der Waals surface area contributed by atoms with Gasteiger partial charge in [0.25, 0.3) is 5.91 Å². The number of fused-ring (bicyclic) bond motifs is 1. The van der Waals surface area contributed by atoms with E-state index in [2.05, 4.69) is 10.2 Å². The minimum Gasteiger partial charge on any atom is -0.288 e. The molecule has 1 aromatic rings. The summed E-state index contributed by atoms with van der Waals surface area (Å²) in [6.45, 7) is 3.91. The molecule has 1 aromatic carbocycles. The number of carbonyl (C=O) groups excluding carboxylic acids is 1. The van der Waals surface area contributed by atoms with E-state index in [4.69, 9.17) is 5.21 Å². The molecular formula is C15H18N4O4S. The van der Waals surface area contributed by atoms with Crippen molar-refractivity contribution in [3.05, 3.63) is 34.9 Å². The molecule has 0 atom stereocenters. The van der Waals surface area contributed by atoms with Crippen LogP contribution in [0.5, 0.6) is 0 Å². The molecule has 2 aliphatic heterocycles. The zero-order valence-corrected chi connectivity index (χ0v) is 14.2. The summed E-state index contributed by atoms with van der Waals surface area (Å²) < 4.78 is 27.3. The first-order valence-electron chi connectivity index (χ1n) is 7.48. The number of sulfonamides is 1. The van der Waals surface area contributed by atoms with E-state index in [9.17, 15) is 13.2 Å². The van der Waals surface area contributed by atoms with Crippen LogP contribution in [-0.2, 0) is 23.0 Å². The molecule has 0 fully saturated rings. The number of hydroxylamine groups is 1. The van der Waals surface area contributed by atoms with E-state index in [0.29, 0.717) is 30.0 Å². The summed E-state index contributed by atoms with van der Waals surface area (Å²) in [6.07, 6.45) is 0.500. The predicted octanol–water partition coefficient (Wildman–Crippen LogP) is 0.712. The van der Waals surface area contributed by atoms with Crippen molar-refractivity contribution in [3.63, 3.8) is 0 Å². The Morgan fingerprint density at radius 1 is 1.25 bits per heavy atom. The molecule has 9 heteroatoms. The fourth-order valence-electron chi connectivity index (χ4n) is 3.10. The standard InChI is InChI=1S/C15H18N4O4S/c1-9-14(10(2)17-16-9)24(22,23)19-6-5-11-7-12(15(20)18-21)3-4-13(11)8-19/h3-4,7,14,21H,5-6,8H2,1-2H3,(H,18,20). The van der Waals surface area contributed by atoms with Gasteiger partial charge in [0.15, 0.2) is 5.25 Å². The van der Waals surface area contributed by atoms with Crippen molar-refractivity contribution in [3.8, 4) is 0 Å². The first-order chi connectivity index (χ1) is 11.3. The molecule has 2 aliphatic rings. The zero-order chi connectivity index (χ0) is 17.5. The van der Waals surface area contributed by atoms with Crippen molar-refractivity contribution in [1.29, 1.82) is 0 Å². The second-order valence-electron chi connectivity index (χ2n) is 5.92. The Morgan fingerprint density at radius 2 is 1.92 bits per heavy atom. The molecule has 0 saturated heterocycles. The number of carbonyl (C=O) groups is 1. The van der Waals surface area contributed by atoms with E-state index in [0.717, 1.165) is 11.1 Å². The highest BCUT2D eigenvalue weighted by atomic mass is 32.2. The molecule has 0 saturated carbocycles. The van der Waals surface area contributed by atoms with Crippen molar-refractivity contribution in [2.75, 3.05) is 6.54 Å². The number of rotatable bonds is 3. The predicted molar refractivity (Wildman–Crippen MR) is 88.7 cm³/mol. The van der Waals surface area contributed by atoms with Crippen LogP contribution >= 0.6 is 0 Å². The molecule has 24 heavy (non-hydrogen) atoms. The van der Waals surface area contributed by atoms with Gasteiger partial charge in [-0.25, -0.2) is 13.9 Å². The van der Waals surface area contributed by atoms with Crippen molar-refractivity contribution in [2.45, 2.75) is 32.1 Å². The normalized spacial score (nSPS) is 18.8. The first-order valence-corrected chi connectivity index (χ1v) is 8.98. The Hall–Kier alpha value is -2.10. The average molecular weight is 350 g/mol. The van der Waals surface area contributed by atoms with Crippen LogP contribution in [0, 0.1) is 0 Å². The van der Waals surface area contributed by atoms with E-state index in [-0.39, 0.29) is 6.54 Å². The molecule has 128 valence electrons. The molecule has 1 amide bonds. The van der Waals surface area contributed by atoms with Gasteiger partial charge >= 0.3 is 0 Å². The van der Waals surface area contributed by atoms with Crippen LogP contribution < -0.4 is 5.48 Å². The summed E-state index contributed by atoms with van der Waals surface area (Å²) in [7, 11) is -3.58. The fraction of sp³-hybridized carbons (Fsp3) is 0.400. The van der Waals surface area contributed by atoms with Crippen LogP contribution in [0.2, 0.25) is 0 Å². The third kappa shape index (κ3) is 2.74. The molecule has 8 nitrogen and oxygen atoms in total. The maximum absolute atomic E-state index is 12.9. The summed E-state index contributed by atoms with van der Waals surface area (Å²) in [5, 5.41) is 15.7. The van der Waals surface area contributed by atoms with Crippen molar-refractivity contribution in [1.82, 2.24) is 9.79 Å². The minimum atomic E-state index is -3.58. The van der Waals surface area contributed by atoms with Crippen LogP contribution in [0.4, 0.5) is 0 Å². The van der Waals surface area contributed by atoms with E-state index in [1.54, 1.807) is 37.5 Å². The van der Waals surface area contributed by atoms with Crippen molar-refractivity contribution < 1.29 is 18.4 Å². The quantitative estimate of drug-likeness (QED) is 0.618. The fourth-order valence-corrected chi connectivity index (χ4v) is 5.01. The largest absolute Gasteiger partial charge is 0.288 e. The van der Waals surface area contributed by atoms with Crippen LogP contribution in [0.25, 0.3) is 0 Å². The minimum absolute atomic E-state index is 0.246. The van der Waals surface area contributed by atoms with Gasteiger partial charge < -0.3 is 0 Å². The average Bonchev–Trinajstić information content (AvgIpc) is 2.92. The van der Waals surface area contributed by atoms with Gasteiger partial charge in [-0.15, -0.1) is 0 Å². The highest BCUT2D eigenvalue weighted by molar-refractivity contribution is 7.91. The number of hydrogen-bond donors (Lipinski definition) is 2. The van der Waals surface area contributed by atoms with Gasteiger partial charge in [-0.2, -0.15) is 14.5 Å². The monoisotopic (exact) mass is 350 g/mol. The van der Waals surface area contributed by atoms with Gasteiger partial charge in [-0.3, -0.25) is 10.0 Å². The first kappa shape index (κ1) is 16.7. The molecule has 0 aliphatic carbocycles. The lowest BCUT2D eigenvalue weighted by molar-refractivity contribution is 0.0706. The summed E-state index contributed by atoms with van der Waals surface area (Å²) in [6, 6.07) is 4.97. The van der Waals surface area contributed by atoms with Gasteiger partial charge in [0.05, 0.1) is 11.4 Å². The van der Waals surface area contributed by atoms with Gasteiger partial charge in [-0.1, -0.05) is 6.07 Å². The maximum atomic E-state index is 12.9. The lowest BCUT2D eigenvalue weighted by Gasteiger charge is -2.30. The molecule has 0 unspecified atom stereocenters. The Bertz CT molecular complexity index is 842. The van der Waals surface area contributed by atoms with Crippen LogP contribution in [0.15, 0.2) is 28.4 Å². The summed E-state index contributed by atoms with van der Waals surface area (Å²) >= 11 is 0. The third-order valence-electron chi connectivity index (χ3n) is 4.33. The van der Waals surface area contributed by atoms with E-state index < -0.39 is 21.2 Å². The Kier molecular flexibility index (Phi) is 4.24. The molecule has 2 heterocycles. The molecule has 2 N–H and O–H groups in total.